The number of thiophene rings is 1. The van der Waals surface area contributed by atoms with E-state index in [1.807, 2.05) is 59.3 Å². The number of nitrogens with two attached hydrogens (primary N) is 1. The molecule has 1 aliphatic rings. The van der Waals surface area contributed by atoms with Gasteiger partial charge in [0.1, 0.15) is 11.4 Å². The van der Waals surface area contributed by atoms with E-state index in [0.717, 1.165) is 30.6 Å². The number of primary amides is 1. The Morgan fingerprint density at radius 2 is 2.00 bits per heavy atom. The molecule has 0 bridgehead atoms. The average Bonchev–Trinajstić information content (AvgIpc) is 3.69. The minimum atomic E-state index is -0.277. The van der Waals surface area contributed by atoms with Crippen LogP contribution >= 0.6 is 22.7 Å². The van der Waals surface area contributed by atoms with E-state index in [1.165, 1.54) is 22.7 Å². The van der Waals surface area contributed by atoms with Crippen LogP contribution in [0.3, 0.4) is 0 Å². The number of aromatic nitrogens is 2. The number of carbonyl (C=O) groups excluding carboxylic acids is 2. The minimum Gasteiger partial charge on any atom is -0.368 e. The maximum absolute atomic E-state index is 13.3. The molecule has 4 heterocycles. The largest absolute Gasteiger partial charge is 0.368 e. The SMILES string of the molecule is NC(=O)C1CCCN1CCCN(C(=O)c1cccs1)c1nc(-c2cc(-c3ccccc3)no2)cs1. The normalized spacial score (nSPS) is 15.9. The molecular formula is C25H25N5O3S2. The number of hydrogen-bond donors (Lipinski definition) is 1. The Morgan fingerprint density at radius 1 is 1.14 bits per heavy atom. The Bertz CT molecular complexity index is 1290. The number of likely N-dealkylation sites (tertiary alicyclic amines) is 1. The summed E-state index contributed by atoms with van der Waals surface area (Å²) >= 11 is 2.80. The van der Waals surface area contributed by atoms with Gasteiger partial charge in [0.05, 0.1) is 10.9 Å². The summed E-state index contributed by atoms with van der Waals surface area (Å²) in [6.45, 7) is 2.03. The Kier molecular flexibility index (Phi) is 7.03. The number of thiazole rings is 1. The first kappa shape index (κ1) is 23.4. The van der Waals surface area contributed by atoms with E-state index < -0.39 is 0 Å². The van der Waals surface area contributed by atoms with Gasteiger partial charge in [-0.1, -0.05) is 41.6 Å². The second kappa shape index (κ2) is 10.5. The molecule has 1 aliphatic heterocycles. The quantitative estimate of drug-likeness (QED) is 0.357. The van der Waals surface area contributed by atoms with Gasteiger partial charge in [-0.3, -0.25) is 19.4 Å². The highest BCUT2D eigenvalue weighted by Gasteiger charge is 2.29. The van der Waals surface area contributed by atoms with Crippen molar-refractivity contribution in [2.24, 2.45) is 5.73 Å². The van der Waals surface area contributed by atoms with Gasteiger partial charge >= 0.3 is 0 Å². The van der Waals surface area contributed by atoms with Crippen LogP contribution < -0.4 is 10.6 Å². The molecule has 5 rings (SSSR count). The van der Waals surface area contributed by atoms with Crippen LogP contribution in [0.4, 0.5) is 5.13 Å². The molecule has 2 amide bonds. The predicted molar refractivity (Wildman–Crippen MR) is 137 cm³/mol. The molecule has 0 saturated carbocycles. The van der Waals surface area contributed by atoms with Crippen LogP contribution in [0.15, 0.2) is 63.8 Å². The molecule has 180 valence electrons. The van der Waals surface area contributed by atoms with Crippen LogP contribution in [0.1, 0.15) is 28.9 Å². The van der Waals surface area contributed by atoms with Crippen molar-refractivity contribution >= 4 is 39.6 Å². The van der Waals surface area contributed by atoms with Gasteiger partial charge in [-0.2, -0.15) is 0 Å². The van der Waals surface area contributed by atoms with Gasteiger partial charge in [0.25, 0.3) is 5.91 Å². The van der Waals surface area contributed by atoms with E-state index in [-0.39, 0.29) is 17.9 Å². The zero-order chi connectivity index (χ0) is 24.2. The molecule has 3 aromatic heterocycles. The maximum atomic E-state index is 13.3. The predicted octanol–water partition coefficient (Wildman–Crippen LogP) is 4.51. The van der Waals surface area contributed by atoms with E-state index in [1.54, 1.807) is 4.90 Å². The van der Waals surface area contributed by atoms with Crippen molar-refractivity contribution in [2.75, 3.05) is 24.5 Å². The monoisotopic (exact) mass is 507 g/mol. The molecule has 2 N–H and O–H groups in total. The third-order valence-electron chi connectivity index (χ3n) is 6.05. The van der Waals surface area contributed by atoms with Crippen molar-refractivity contribution in [1.29, 1.82) is 0 Å². The lowest BCUT2D eigenvalue weighted by Crippen LogP contribution is -2.42. The van der Waals surface area contributed by atoms with Crippen LogP contribution in [0.25, 0.3) is 22.7 Å². The molecule has 1 atom stereocenters. The minimum absolute atomic E-state index is 0.0867. The standard InChI is InChI=1S/C25H25N5O3S2/c26-23(31)20-9-4-11-29(20)12-6-13-30(24(32)22-10-5-14-34-22)25-27-19(16-35-25)21-15-18(28-33-21)17-7-2-1-3-8-17/h1-3,5,7-8,10,14-16,20H,4,6,9,11-13H2,(H2,26,31). The van der Waals surface area contributed by atoms with Gasteiger partial charge in [-0.15, -0.1) is 22.7 Å². The Morgan fingerprint density at radius 3 is 2.77 bits per heavy atom. The summed E-state index contributed by atoms with van der Waals surface area (Å²) in [5.41, 5.74) is 7.88. The lowest BCUT2D eigenvalue weighted by atomic mass is 10.1. The summed E-state index contributed by atoms with van der Waals surface area (Å²) in [7, 11) is 0. The fourth-order valence-electron chi connectivity index (χ4n) is 4.31. The number of nitrogens with zero attached hydrogens (tertiary/aromatic N) is 4. The molecule has 1 fully saturated rings. The lowest BCUT2D eigenvalue weighted by Gasteiger charge is -2.24. The molecule has 0 aliphatic carbocycles. The zero-order valence-electron chi connectivity index (χ0n) is 19.0. The smallest absolute Gasteiger partial charge is 0.270 e. The Hall–Kier alpha value is -3.34. The van der Waals surface area contributed by atoms with Gasteiger partial charge in [0.15, 0.2) is 10.9 Å². The summed E-state index contributed by atoms with van der Waals surface area (Å²) in [5.74, 6) is 0.188. The van der Waals surface area contributed by atoms with Crippen LogP contribution in [0.2, 0.25) is 0 Å². The van der Waals surface area contributed by atoms with Crippen LogP contribution in [0, 0.1) is 0 Å². The Balaban J connectivity index is 1.33. The van der Waals surface area contributed by atoms with Crippen LogP contribution in [-0.2, 0) is 4.79 Å². The highest BCUT2D eigenvalue weighted by Crippen LogP contribution is 2.31. The lowest BCUT2D eigenvalue weighted by molar-refractivity contribution is -0.122. The van der Waals surface area contributed by atoms with E-state index in [4.69, 9.17) is 15.2 Å². The molecular weight excluding hydrogens is 482 g/mol. The van der Waals surface area contributed by atoms with Crippen molar-refractivity contribution in [3.8, 4) is 22.7 Å². The van der Waals surface area contributed by atoms with Gasteiger partial charge in [0, 0.05) is 30.1 Å². The van der Waals surface area contributed by atoms with Gasteiger partial charge < -0.3 is 10.3 Å². The first-order valence-corrected chi connectivity index (χ1v) is 13.2. The molecule has 1 saturated heterocycles. The third kappa shape index (κ3) is 5.19. The number of carbonyl (C=O) groups is 2. The molecule has 8 nitrogen and oxygen atoms in total. The molecule has 1 aromatic carbocycles. The van der Waals surface area contributed by atoms with Gasteiger partial charge in [0.2, 0.25) is 5.91 Å². The number of benzene rings is 1. The molecule has 10 heteroatoms. The van der Waals surface area contributed by atoms with E-state index in [0.29, 0.717) is 41.0 Å². The summed E-state index contributed by atoms with van der Waals surface area (Å²) in [5, 5.41) is 8.54. The first-order valence-electron chi connectivity index (χ1n) is 11.5. The highest BCUT2D eigenvalue weighted by molar-refractivity contribution is 7.14. The van der Waals surface area contributed by atoms with E-state index in [2.05, 4.69) is 10.1 Å². The highest BCUT2D eigenvalue weighted by atomic mass is 32.1. The molecule has 1 unspecified atom stereocenters. The van der Waals surface area contributed by atoms with Crippen molar-refractivity contribution in [1.82, 2.24) is 15.0 Å². The number of rotatable bonds is 9. The Labute approximate surface area is 211 Å². The van der Waals surface area contributed by atoms with Crippen LogP contribution in [-0.4, -0.2) is 52.5 Å². The van der Waals surface area contributed by atoms with Gasteiger partial charge in [-0.05, 0) is 37.3 Å². The van der Waals surface area contributed by atoms with Crippen molar-refractivity contribution in [2.45, 2.75) is 25.3 Å². The zero-order valence-corrected chi connectivity index (χ0v) is 20.6. The van der Waals surface area contributed by atoms with Gasteiger partial charge in [-0.25, -0.2) is 4.98 Å². The first-order chi connectivity index (χ1) is 17.1. The van der Waals surface area contributed by atoms with E-state index >= 15 is 0 Å². The average molecular weight is 508 g/mol. The fourth-order valence-corrected chi connectivity index (χ4v) is 5.82. The molecule has 35 heavy (non-hydrogen) atoms. The van der Waals surface area contributed by atoms with Crippen LogP contribution in [0.5, 0.6) is 0 Å². The summed E-state index contributed by atoms with van der Waals surface area (Å²) in [4.78, 5) is 34.2. The summed E-state index contributed by atoms with van der Waals surface area (Å²) in [6.07, 6.45) is 2.46. The number of anilines is 1. The van der Waals surface area contributed by atoms with Crippen molar-refractivity contribution < 1.29 is 14.1 Å². The number of hydrogen-bond acceptors (Lipinski definition) is 8. The molecule has 0 radical (unpaired) electrons. The van der Waals surface area contributed by atoms with E-state index in [9.17, 15) is 9.59 Å². The second-order valence-electron chi connectivity index (χ2n) is 8.34. The number of amides is 2. The summed E-state index contributed by atoms with van der Waals surface area (Å²) < 4.78 is 5.56. The van der Waals surface area contributed by atoms with Crippen molar-refractivity contribution in [3.63, 3.8) is 0 Å². The summed E-state index contributed by atoms with van der Waals surface area (Å²) in [6, 6.07) is 15.1. The fraction of sp³-hybridized carbons (Fsp3) is 0.280. The second-order valence-corrected chi connectivity index (χ2v) is 10.1. The third-order valence-corrected chi connectivity index (χ3v) is 7.77. The van der Waals surface area contributed by atoms with Crippen molar-refractivity contribution in [3.05, 3.63) is 64.2 Å². The molecule has 0 spiro atoms. The molecule has 4 aromatic rings. The topological polar surface area (TPSA) is 106 Å². The maximum Gasteiger partial charge on any atom is 0.270 e.